The summed E-state index contributed by atoms with van der Waals surface area (Å²) in [6.07, 6.45) is -3.42. The van der Waals surface area contributed by atoms with Crippen molar-refractivity contribution in [2.45, 2.75) is 25.1 Å². The van der Waals surface area contributed by atoms with Gasteiger partial charge in [0.05, 0.1) is 18.7 Å². The van der Waals surface area contributed by atoms with Gasteiger partial charge in [-0.1, -0.05) is 0 Å². The lowest BCUT2D eigenvalue weighted by Crippen LogP contribution is -2.42. The molecular weight excluding hydrogens is 495 g/mol. The summed E-state index contributed by atoms with van der Waals surface area (Å²) in [6, 6.07) is 10.7. The molecule has 0 saturated carbocycles. The maximum absolute atomic E-state index is 12.6. The largest absolute Gasteiger partial charge is 0.507 e. The van der Waals surface area contributed by atoms with Crippen molar-refractivity contribution in [2.24, 2.45) is 5.73 Å². The summed E-state index contributed by atoms with van der Waals surface area (Å²) >= 11 is 0. The number of benzene rings is 2. The quantitative estimate of drug-likeness (QED) is 0.368. The Kier molecular flexibility index (Phi) is 7.77. The van der Waals surface area contributed by atoms with E-state index < -0.39 is 24.5 Å². The second-order valence-electron chi connectivity index (χ2n) is 8.67. The van der Waals surface area contributed by atoms with Crippen molar-refractivity contribution in [3.8, 4) is 17.2 Å². The highest BCUT2D eigenvalue weighted by Gasteiger charge is 2.33. The van der Waals surface area contributed by atoms with Crippen LogP contribution in [0.1, 0.15) is 33.8 Å². The Morgan fingerprint density at radius 2 is 1.84 bits per heavy atom. The number of piperidine rings is 1. The van der Waals surface area contributed by atoms with E-state index in [0.29, 0.717) is 48.4 Å². The Bertz CT molecular complexity index is 1270. The Balaban J connectivity index is 1.26. The lowest BCUT2D eigenvalue weighted by molar-refractivity contribution is -0.149. The topological polar surface area (TPSA) is 127 Å². The number of nitrogens with one attached hydrogen (secondary N) is 1. The summed E-state index contributed by atoms with van der Waals surface area (Å²) < 4.78 is 54.7. The molecule has 0 bridgehead atoms. The highest BCUT2D eigenvalue weighted by molar-refractivity contribution is 5.96. The van der Waals surface area contributed by atoms with Crippen molar-refractivity contribution in [3.05, 3.63) is 53.8 Å². The number of hydrogen-bond acceptors (Lipinski definition) is 7. The molecule has 4 rings (SSSR count). The van der Waals surface area contributed by atoms with Crippen molar-refractivity contribution < 1.29 is 41.8 Å². The number of nitrogens with two attached hydrogens (primary N) is 1. The maximum atomic E-state index is 12.6. The summed E-state index contributed by atoms with van der Waals surface area (Å²) in [7, 11) is 0. The van der Waals surface area contributed by atoms with Crippen LogP contribution in [0.25, 0.3) is 11.0 Å². The van der Waals surface area contributed by atoms with Crippen LogP contribution in [0.4, 0.5) is 13.2 Å². The Labute approximate surface area is 209 Å². The first-order valence-electron chi connectivity index (χ1n) is 11.6. The van der Waals surface area contributed by atoms with Gasteiger partial charge in [0.2, 0.25) is 0 Å². The molecule has 2 aromatic carbocycles. The molecule has 0 spiro atoms. The molecule has 37 heavy (non-hydrogen) atoms. The van der Waals surface area contributed by atoms with Crippen LogP contribution >= 0.6 is 0 Å². The van der Waals surface area contributed by atoms with Crippen LogP contribution in [0.2, 0.25) is 0 Å². The number of likely N-dealkylation sites (tertiary alicyclic amines) is 1. The van der Waals surface area contributed by atoms with Crippen molar-refractivity contribution in [1.82, 2.24) is 10.2 Å². The molecule has 198 valence electrons. The fourth-order valence-corrected chi connectivity index (χ4v) is 4.07. The van der Waals surface area contributed by atoms with Crippen molar-refractivity contribution in [3.63, 3.8) is 0 Å². The molecule has 0 unspecified atom stereocenters. The summed E-state index contributed by atoms with van der Waals surface area (Å²) in [5.41, 5.74) is 5.60. The third-order valence-electron chi connectivity index (χ3n) is 5.84. The minimum Gasteiger partial charge on any atom is -0.507 e. The zero-order valence-electron chi connectivity index (χ0n) is 19.7. The highest BCUT2D eigenvalue weighted by Crippen LogP contribution is 2.28. The molecule has 1 aliphatic rings. The molecule has 0 atom stereocenters. The number of amides is 2. The molecule has 1 aromatic heterocycles. The van der Waals surface area contributed by atoms with E-state index in [9.17, 15) is 27.9 Å². The lowest BCUT2D eigenvalue weighted by atomic mass is 10.1. The first kappa shape index (κ1) is 26.1. The monoisotopic (exact) mass is 521 g/mol. The zero-order chi connectivity index (χ0) is 26.6. The molecule has 0 radical (unpaired) electrons. The number of carbonyl (C=O) groups excluding carboxylic acids is 2. The van der Waals surface area contributed by atoms with Crippen LogP contribution < -0.4 is 20.5 Å². The van der Waals surface area contributed by atoms with E-state index in [1.807, 2.05) is 0 Å². The van der Waals surface area contributed by atoms with Crippen LogP contribution in [0, 0.1) is 0 Å². The fraction of sp³-hybridized carbons (Fsp3) is 0.360. The van der Waals surface area contributed by atoms with Crippen molar-refractivity contribution in [1.29, 1.82) is 0 Å². The zero-order valence-corrected chi connectivity index (χ0v) is 19.7. The summed E-state index contributed by atoms with van der Waals surface area (Å²) in [6.45, 7) is -0.0416. The Hall–Kier alpha value is -3.93. The maximum Gasteiger partial charge on any atom is 0.401 e. The van der Waals surface area contributed by atoms with Crippen LogP contribution in [0.3, 0.4) is 0 Å². The molecule has 2 amide bonds. The number of fused-ring (bicyclic) bond motifs is 1. The molecule has 12 heteroatoms. The van der Waals surface area contributed by atoms with E-state index in [1.54, 1.807) is 24.3 Å². The third kappa shape index (κ3) is 7.06. The number of carbonyl (C=O) groups is 2. The number of phenols is 1. The van der Waals surface area contributed by atoms with E-state index in [0.717, 1.165) is 0 Å². The van der Waals surface area contributed by atoms with Gasteiger partial charge in [-0.25, -0.2) is 0 Å². The van der Waals surface area contributed by atoms with Gasteiger partial charge in [-0.05, 0) is 49.2 Å². The van der Waals surface area contributed by atoms with Gasteiger partial charge in [-0.2, -0.15) is 13.2 Å². The number of halogens is 3. The number of rotatable bonds is 9. The minimum absolute atomic E-state index is 0.0228. The normalized spacial score (nSPS) is 15.0. The number of aromatic hydroxyl groups is 1. The van der Waals surface area contributed by atoms with E-state index in [-0.39, 0.29) is 36.3 Å². The van der Waals surface area contributed by atoms with Gasteiger partial charge in [0.1, 0.15) is 35.5 Å². The first-order chi connectivity index (χ1) is 17.6. The number of ether oxygens (including phenoxy) is 2. The van der Waals surface area contributed by atoms with Gasteiger partial charge in [-0.3, -0.25) is 14.5 Å². The molecule has 3 aromatic rings. The van der Waals surface area contributed by atoms with E-state index >= 15 is 0 Å². The van der Waals surface area contributed by atoms with Crippen LogP contribution in [0.15, 0.2) is 46.9 Å². The van der Waals surface area contributed by atoms with Gasteiger partial charge in [-0.15, -0.1) is 0 Å². The minimum atomic E-state index is -4.21. The predicted octanol–water partition coefficient (Wildman–Crippen LogP) is 3.45. The third-order valence-corrected chi connectivity index (χ3v) is 5.84. The van der Waals surface area contributed by atoms with Gasteiger partial charge in [0.15, 0.2) is 5.76 Å². The summed E-state index contributed by atoms with van der Waals surface area (Å²) in [4.78, 5) is 25.0. The second kappa shape index (κ2) is 11.0. The van der Waals surface area contributed by atoms with Gasteiger partial charge < -0.3 is 30.0 Å². The molecular formula is C25H26F3N3O6. The number of nitrogens with zero attached hydrogens (tertiary/aromatic N) is 1. The smallest absolute Gasteiger partial charge is 0.401 e. The van der Waals surface area contributed by atoms with E-state index in [2.05, 4.69) is 5.32 Å². The van der Waals surface area contributed by atoms with Crippen LogP contribution in [0.5, 0.6) is 17.2 Å². The van der Waals surface area contributed by atoms with Crippen LogP contribution in [-0.2, 0) is 0 Å². The average molecular weight is 521 g/mol. The molecule has 9 nitrogen and oxygen atoms in total. The number of hydrogen-bond donors (Lipinski definition) is 3. The fourth-order valence-electron chi connectivity index (χ4n) is 4.07. The molecule has 1 fully saturated rings. The molecule has 1 saturated heterocycles. The SMILES string of the molecule is NC(=O)c1ccc(OCCNC(=O)c2cc3cc(OC4CCN(CC(F)(F)F)CC4)ccc3o2)cc1O. The lowest BCUT2D eigenvalue weighted by Gasteiger charge is -2.32. The van der Waals surface area contributed by atoms with Gasteiger partial charge >= 0.3 is 6.18 Å². The van der Waals surface area contributed by atoms with E-state index in [1.165, 1.54) is 23.1 Å². The predicted molar refractivity (Wildman–Crippen MR) is 127 cm³/mol. The molecule has 2 heterocycles. The van der Waals surface area contributed by atoms with Gasteiger partial charge in [0.25, 0.3) is 11.8 Å². The molecule has 1 aliphatic heterocycles. The average Bonchev–Trinajstić information content (AvgIpc) is 3.25. The van der Waals surface area contributed by atoms with Gasteiger partial charge in [0, 0.05) is 24.5 Å². The standard InChI is InChI=1S/C25H26F3N3O6/c26-25(27,28)14-31-8-5-16(6-9-31)36-18-2-4-21-15(11-18)12-22(37-21)24(34)30-7-10-35-17-1-3-19(23(29)33)20(32)13-17/h1-4,11-13,16,32H,5-10,14H2,(H2,29,33)(H,30,34). The first-order valence-corrected chi connectivity index (χ1v) is 11.6. The number of alkyl halides is 3. The van der Waals surface area contributed by atoms with E-state index in [4.69, 9.17) is 19.6 Å². The second-order valence-corrected chi connectivity index (χ2v) is 8.67. The van der Waals surface area contributed by atoms with Crippen LogP contribution in [-0.4, -0.2) is 66.9 Å². The molecule has 4 N–H and O–H groups in total. The number of primary amides is 1. The highest BCUT2D eigenvalue weighted by atomic mass is 19.4. The van der Waals surface area contributed by atoms with Crippen molar-refractivity contribution in [2.75, 3.05) is 32.8 Å². The van der Waals surface area contributed by atoms with Crippen molar-refractivity contribution >= 4 is 22.8 Å². The number of furan rings is 1. The Morgan fingerprint density at radius 1 is 1.11 bits per heavy atom. The Morgan fingerprint density at radius 3 is 2.51 bits per heavy atom. The summed E-state index contributed by atoms with van der Waals surface area (Å²) in [5, 5.41) is 13.1. The molecule has 0 aliphatic carbocycles. The summed E-state index contributed by atoms with van der Waals surface area (Å²) in [5.74, 6) is -0.563.